The first kappa shape index (κ1) is 13.3. The van der Waals surface area contributed by atoms with Gasteiger partial charge in [0.25, 0.3) is 4.96 Å². The van der Waals surface area contributed by atoms with Crippen LogP contribution in [0.5, 0.6) is 0 Å². The molecule has 2 aromatic heterocycles. The van der Waals surface area contributed by atoms with E-state index in [0.717, 1.165) is 26.1 Å². The molecule has 0 bridgehead atoms. The lowest BCUT2D eigenvalue weighted by Gasteiger charge is -2.33. The highest BCUT2D eigenvalue weighted by Gasteiger charge is 2.30. The molecular formula is C12H16N4O3S. The number of aromatic nitrogens is 2. The summed E-state index contributed by atoms with van der Waals surface area (Å²) in [4.78, 5) is 15.8. The minimum Gasteiger partial charge on any atom is -0.381 e. The van der Waals surface area contributed by atoms with Crippen molar-refractivity contribution in [1.29, 1.82) is 0 Å². The van der Waals surface area contributed by atoms with Crippen LogP contribution in [-0.4, -0.2) is 34.1 Å². The standard InChI is InChI=1S/C12H16N4O3S/c1-12(2-5-19-6-3-12)8-13-9-10(16(17)18)15-4-7-20-11(15)14-9/h4,7,13H,2-3,5-6,8H2,1H3. The van der Waals surface area contributed by atoms with Crippen molar-refractivity contribution >= 4 is 27.9 Å². The van der Waals surface area contributed by atoms with Gasteiger partial charge in [-0.2, -0.15) is 9.38 Å². The SMILES string of the molecule is CC1(CNc2nc3sccn3c2[N+](=O)[O-])CCOCC1. The maximum Gasteiger partial charge on any atom is 0.372 e. The fourth-order valence-corrected chi connectivity index (χ4v) is 3.11. The Balaban J connectivity index is 1.81. The minimum atomic E-state index is -0.388. The van der Waals surface area contributed by atoms with Gasteiger partial charge in [0.05, 0.1) is 0 Å². The lowest BCUT2D eigenvalue weighted by atomic mass is 9.82. The smallest absolute Gasteiger partial charge is 0.372 e. The lowest BCUT2D eigenvalue weighted by Crippen LogP contribution is -2.33. The van der Waals surface area contributed by atoms with Crippen LogP contribution in [0.2, 0.25) is 0 Å². The van der Waals surface area contributed by atoms with Crippen LogP contribution in [-0.2, 0) is 4.74 Å². The van der Waals surface area contributed by atoms with Gasteiger partial charge in [0.1, 0.15) is 6.20 Å². The summed E-state index contributed by atoms with van der Waals surface area (Å²) in [5.74, 6) is 0.367. The van der Waals surface area contributed by atoms with E-state index in [2.05, 4.69) is 17.2 Å². The van der Waals surface area contributed by atoms with Crippen molar-refractivity contribution in [2.45, 2.75) is 19.8 Å². The van der Waals surface area contributed by atoms with E-state index < -0.39 is 0 Å². The highest BCUT2D eigenvalue weighted by atomic mass is 32.1. The normalized spacial score (nSPS) is 18.2. The number of rotatable bonds is 4. The quantitative estimate of drug-likeness (QED) is 0.692. The zero-order chi connectivity index (χ0) is 14.2. The molecule has 1 aliphatic heterocycles. The predicted octanol–water partition coefficient (Wildman–Crippen LogP) is 2.53. The Morgan fingerprint density at radius 1 is 1.60 bits per heavy atom. The second-order valence-corrected chi connectivity index (χ2v) is 6.25. The largest absolute Gasteiger partial charge is 0.381 e. The van der Waals surface area contributed by atoms with Crippen molar-refractivity contribution < 1.29 is 9.66 Å². The van der Waals surface area contributed by atoms with E-state index in [1.807, 2.05) is 0 Å². The minimum absolute atomic E-state index is 0.0110. The molecule has 3 heterocycles. The Morgan fingerprint density at radius 3 is 3.05 bits per heavy atom. The molecule has 3 rings (SSSR count). The molecule has 0 aliphatic carbocycles. The molecule has 0 aromatic carbocycles. The van der Waals surface area contributed by atoms with Gasteiger partial charge < -0.3 is 20.2 Å². The number of ether oxygens (including phenoxy) is 1. The Bertz CT molecular complexity index is 630. The first-order chi connectivity index (χ1) is 9.59. The highest BCUT2D eigenvalue weighted by molar-refractivity contribution is 7.15. The molecule has 7 nitrogen and oxygen atoms in total. The summed E-state index contributed by atoms with van der Waals surface area (Å²) >= 11 is 1.39. The van der Waals surface area contributed by atoms with E-state index in [-0.39, 0.29) is 16.2 Å². The second-order valence-electron chi connectivity index (χ2n) is 5.37. The van der Waals surface area contributed by atoms with Crippen LogP contribution in [0, 0.1) is 15.5 Å². The van der Waals surface area contributed by atoms with E-state index >= 15 is 0 Å². The third-order valence-corrected chi connectivity index (χ3v) is 4.55. The van der Waals surface area contributed by atoms with Gasteiger partial charge >= 0.3 is 5.82 Å². The molecule has 1 N–H and O–H groups in total. The molecule has 0 saturated carbocycles. The van der Waals surface area contributed by atoms with Crippen LogP contribution < -0.4 is 5.32 Å². The fraction of sp³-hybridized carbons (Fsp3) is 0.583. The molecular weight excluding hydrogens is 280 g/mol. The third kappa shape index (κ3) is 2.36. The Labute approximate surface area is 119 Å². The highest BCUT2D eigenvalue weighted by Crippen LogP contribution is 2.32. The van der Waals surface area contributed by atoms with Crippen LogP contribution in [0.3, 0.4) is 0 Å². The topological polar surface area (TPSA) is 81.7 Å². The van der Waals surface area contributed by atoms with Crippen molar-refractivity contribution in [2.75, 3.05) is 25.1 Å². The number of imidazole rings is 1. The Morgan fingerprint density at radius 2 is 2.35 bits per heavy atom. The molecule has 8 heteroatoms. The molecule has 0 amide bonds. The molecule has 1 saturated heterocycles. The monoisotopic (exact) mass is 296 g/mol. The molecule has 1 aliphatic rings. The third-order valence-electron chi connectivity index (χ3n) is 3.79. The summed E-state index contributed by atoms with van der Waals surface area (Å²) in [6.07, 6.45) is 3.58. The van der Waals surface area contributed by atoms with E-state index in [1.165, 1.54) is 15.7 Å². The molecule has 0 radical (unpaired) electrons. The van der Waals surface area contributed by atoms with Crippen molar-refractivity contribution in [3.05, 3.63) is 21.7 Å². The number of thiazole rings is 1. The summed E-state index contributed by atoms with van der Waals surface area (Å²) in [6, 6.07) is 0. The van der Waals surface area contributed by atoms with Gasteiger partial charge in [0.2, 0.25) is 5.82 Å². The van der Waals surface area contributed by atoms with Gasteiger partial charge in [-0.1, -0.05) is 18.3 Å². The maximum absolute atomic E-state index is 11.2. The number of nitrogens with zero attached hydrogens (tertiary/aromatic N) is 3. The first-order valence-electron chi connectivity index (χ1n) is 6.51. The molecule has 108 valence electrons. The summed E-state index contributed by atoms with van der Waals surface area (Å²) in [5, 5.41) is 16.2. The first-order valence-corrected chi connectivity index (χ1v) is 7.39. The zero-order valence-corrected chi connectivity index (χ0v) is 12.0. The molecule has 20 heavy (non-hydrogen) atoms. The van der Waals surface area contributed by atoms with Gasteiger partial charge in [-0.3, -0.25) is 0 Å². The summed E-state index contributed by atoms with van der Waals surface area (Å²) in [6.45, 7) is 4.34. The van der Waals surface area contributed by atoms with Crippen LogP contribution in [0.15, 0.2) is 11.6 Å². The second kappa shape index (κ2) is 5.02. The van der Waals surface area contributed by atoms with E-state index in [0.29, 0.717) is 17.3 Å². The molecule has 0 unspecified atom stereocenters. The molecule has 0 spiro atoms. The average Bonchev–Trinajstić information content (AvgIpc) is 2.96. The zero-order valence-electron chi connectivity index (χ0n) is 11.2. The van der Waals surface area contributed by atoms with Gasteiger partial charge in [0, 0.05) is 25.1 Å². The summed E-state index contributed by atoms with van der Waals surface area (Å²) < 4.78 is 6.87. The van der Waals surface area contributed by atoms with E-state index in [4.69, 9.17) is 4.74 Å². The average molecular weight is 296 g/mol. The predicted molar refractivity (Wildman–Crippen MR) is 76.4 cm³/mol. The molecule has 1 fully saturated rings. The Kier molecular flexibility index (Phi) is 3.35. The molecule has 0 atom stereocenters. The van der Waals surface area contributed by atoms with E-state index in [1.54, 1.807) is 11.6 Å². The lowest BCUT2D eigenvalue weighted by molar-refractivity contribution is -0.389. The van der Waals surface area contributed by atoms with Crippen LogP contribution in [0.1, 0.15) is 19.8 Å². The van der Waals surface area contributed by atoms with Gasteiger partial charge in [-0.15, -0.1) is 0 Å². The fourth-order valence-electron chi connectivity index (χ4n) is 2.40. The molecule has 2 aromatic rings. The van der Waals surface area contributed by atoms with Gasteiger partial charge in [-0.25, -0.2) is 0 Å². The van der Waals surface area contributed by atoms with Crippen molar-refractivity contribution in [1.82, 2.24) is 9.38 Å². The number of nitrogens with one attached hydrogen (secondary N) is 1. The van der Waals surface area contributed by atoms with Crippen LogP contribution in [0.4, 0.5) is 11.6 Å². The van der Waals surface area contributed by atoms with Crippen molar-refractivity contribution in [2.24, 2.45) is 5.41 Å². The van der Waals surface area contributed by atoms with Crippen LogP contribution >= 0.6 is 11.3 Å². The number of nitro groups is 1. The van der Waals surface area contributed by atoms with E-state index in [9.17, 15) is 10.1 Å². The van der Waals surface area contributed by atoms with Gasteiger partial charge in [-0.05, 0) is 23.2 Å². The summed E-state index contributed by atoms with van der Waals surface area (Å²) in [7, 11) is 0. The number of hydrogen-bond acceptors (Lipinski definition) is 6. The number of anilines is 1. The van der Waals surface area contributed by atoms with Crippen LogP contribution in [0.25, 0.3) is 4.96 Å². The van der Waals surface area contributed by atoms with Crippen molar-refractivity contribution in [3.63, 3.8) is 0 Å². The summed E-state index contributed by atoms with van der Waals surface area (Å²) in [5.41, 5.74) is 0.100. The van der Waals surface area contributed by atoms with Crippen molar-refractivity contribution in [3.8, 4) is 0 Å². The van der Waals surface area contributed by atoms with Gasteiger partial charge in [0.15, 0.2) is 0 Å². The number of fused-ring (bicyclic) bond motifs is 1. The maximum atomic E-state index is 11.2. The number of hydrogen-bond donors (Lipinski definition) is 1. The Hall–Kier alpha value is -1.67.